The second kappa shape index (κ2) is 4.70. The van der Waals surface area contributed by atoms with Crippen molar-refractivity contribution in [3.63, 3.8) is 0 Å². The van der Waals surface area contributed by atoms with Gasteiger partial charge in [0.15, 0.2) is 5.13 Å². The summed E-state index contributed by atoms with van der Waals surface area (Å²) >= 11 is 1.74. The second-order valence-corrected chi connectivity index (χ2v) is 7.09. The lowest BCUT2D eigenvalue weighted by molar-refractivity contribution is -0.151. The summed E-state index contributed by atoms with van der Waals surface area (Å²) in [5.41, 5.74) is 3.60. The average molecular weight is 302 g/mol. The highest BCUT2D eigenvalue weighted by molar-refractivity contribution is 7.22. The zero-order chi connectivity index (χ0) is 14.6. The number of hydrogen-bond acceptors (Lipinski definition) is 5. The summed E-state index contributed by atoms with van der Waals surface area (Å²) in [5.74, 6) is 0.183. The van der Waals surface area contributed by atoms with Gasteiger partial charge in [-0.3, -0.25) is 4.79 Å². The van der Waals surface area contributed by atoms with Crippen molar-refractivity contribution in [2.45, 2.75) is 32.8 Å². The van der Waals surface area contributed by atoms with Crippen LogP contribution in [0.3, 0.4) is 0 Å². The van der Waals surface area contributed by atoms with E-state index in [0.29, 0.717) is 0 Å². The molecule has 1 aliphatic heterocycles. The molecule has 0 amide bonds. The van der Waals surface area contributed by atoms with E-state index in [1.54, 1.807) is 11.3 Å². The van der Waals surface area contributed by atoms with E-state index >= 15 is 0 Å². The van der Waals surface area contributed by atoms with E-state index in [0.717, 1.165) is 36.6 Å². The number of benzene rings is 1. The summed E-state index contributed by atoms with van der Waals surface area (Å²) in [6.07, 6.45) is 2.06. The van der Waals surface area contributed by atoms with Gasteiger partial charge in [0.1, 0.15) is 6.10 Å². The predicted octanol–water partition coefficient (Wildman–Crippen LogP) is 3.05. The van der Waals surface area contributed by atoms with Crippen LogP contribution in [0.1, 0.15) is 24.0 Å². The first-order valence-electron chi connectivity index (χ1n) is 7.44. The second-order valence-electron chi connectivity index (χ2n) is 6.11. The molecule has 0 spiro atoms. The smallest absolute Gasteiger partial charge is 0.309 e. The molecule has 110 valence electrons. The summed E-state index contributed by atoms with van der Waals surface area (Å²) in [6.45, 7) is 5.77. The van der Waals surface area contributed by atoms with Crippen LogP contribution in [0.15, 0.2) is 12.1 Å². The largest absolute Gasteiger partial charge is 0.458 e. The molecule has 2 heterocycles. The van der Waals surface area contributed by atoms with Gasteiger partial charge in [-0.15, -0.1) is 0 Å². The van der Waals surface area contributed by atoms with Gasteiger partial charge in [-0.25, -0.2) is 4.98 Å². The number of aryl methyl sites for hydroxylation is 2. The highest BCUT2D eigenvalue weighted by atomic mass is 32.1. The van der Waals surface area contributed by atoms with Crippen molar-refractivity contribution >= 4 is 32.7 Å². The summed E-state index contributed by atoms with van der Waals surface area (Å²) in [6, 6.07) is 4.27. The zero-order valence-corrected chi connectivity index (χ0v) is 13.1. The maximum Gasteiger partial charge on any atom is 0.309 e. The molecule has 1 saturated carbocycles. The van der Waals surface area contributed by atoms with E-state index in [-0.39, 0.29) is 18.0 Å². The number of anilines is 1. The Bertz CT molecular complexity index is 675. The van der Waals surface area contributed by atoms with Gasteiger partial charge >= 0.3 is 5.97 Å². The molecule has 1 aromatic heterocycles. The van der Waals surface area contributed by atoms with Gasteiger partial charge in [-0.05, 0) is 37.8 Å². The minimum absolute atomic E-state index is 0.00404. The van der Waals surface area contributed by atoms with Crippen LogP contribution >= 0.6 is 11.3 Å². The fraction of sp³-hybridized carbons (Fsp3) is 0.500. The number of fused-ring (bicyclic) bond motifs is 1. The molecule has 0 N–H and O–H groups in total. The Balaban J connectivity index is 1.47. The molecule has 0 atom stereocenters. The number of aromatic nitrogens is 1. The molecule has 0 unspecified atom stereocenters. The highest BCUT2D eigenvalue weighted by Gasteiger charge is 2.37. The molecule has 2 aliphatic rings. The molecule has 1 aliphatic carbocycles. The lowest BCUT2D eigenvalue weighted by Crippen LogP contribution is -2.53. The van der Waals surface area contributed by atoms with Crippen molar-refractivity contribution in [3.8, 4) is 0 Å². The molecule has 4 nitrogen and oxygen atoms in total. The first-order chi connectivity index (χ1) is 10.1. The molecule has 2 aromatic rings. The third-order valence-electron chi connectivity index (χ3n) is 4.24. The van der Waals surface area contributed by atoms with E-state index in [2.05, 4.69) is 30.9 Å². The Labute approximate surface area is 127 Å². The Morgan fingerprint density at radius 2 is 2.00 bits per heavy atom. The van der Waals surface area contributed by atoms with Gasteiger partial charge in [0, 0.05) is 0 Å². The quantitative estimate of drug-likeness (QED) is 0.817. The number of thiazole rings is 1. The fourth-order valence-corrected chi connectivity index (χ4v) is 3.76. The Kier molecular flexibility index (Phi) is 2.92. The first-order valence-corrected chi connectivity index (χ1v) is 8.25. The van der Waals surface area contributed by atoms with E-state index in [9.17, 15) is 4.79 Å². The van der Waals surface area contributed by atoms with Gasteiger partial charge < -0.3 is 9.64 Å². The van der Waals surface area contributed by atoms with Gasteiger partial charge in [0.25, 0.3) is 0 Å². The molecule has 4 rings (SSSR count). The number of rotatable bonds is 3. The summed E-state index contributed by atoms with van der Waals surface area (Å²) in [7, 11) is 0. The average Bonchev–Trinajstić information content (AvgIpc) is 3.17. The number of nitrogens with zero attached hydrogens (tertiary/aromatic N) is 2. The van der Waals surface area contributed by atoms with Crippen molar-refractivity contribution in [2.75, 3.05) is 18.0 Å². The fourth-order valence-electron chi connectivity index (χ4n) is 2.63. The Morgan fingerprint density at radius 3 is 2.67 bits per heavy atom. The monoisotopic (exact) mass is 302 g/mol. The van der Waals surface area contributed by atoms with Crippen LogP contribution in [-0.2, 0) is 9.53 Å². The molecule has 0 radical (unpaired) electrons. The van der Waals surface area contributed by atoms with E-state index in [1.807, 2.05) is 0 Å². The number of hydrogen-bond donors (Lipinski definition) is 0. The molecule has 1 aromatic carbocycles. The molecule has 1 saturated heterocycles. The lowest BCUT2D eigenvalue weighted by Gasteiger charge is -2.38. The van der Waals surface area contributed by atoms with Crippen molar-refractivity contribution in [1.82, 2.24) is 4.98 Å². The third kappa shape index (κ3) is 2.29. The number of carbonyl (C=O) groups excluding carboxylic acids is 1. The lowest BCUT2D eigenvalue weighted by atomic mass is 10.1. The van der Waals surface area contributed by atoms with Gasteiger partial charge in [0.05, 0.1) is 29.2 Å². The normalized spacial score (nSPS) is 18.9. The van der Waals surface area contributed by atoms with Gasteiger partial charge in [0.2, 0.25) is 0 Å². The van der Waals surface area contributed by atoms with Crippen molar-refractivity contribution in [2.24, 2.45) is 5.92 Å². The molecule has 0 bridgehead atoms. The molecular weight excluding hydrogens is 284 g/mol. The third-order valence-corrected chi connectivity index (χ3v) is 5.49. The topological polar surface area (TPSA) is 42.4 Å². The van der Waals surface area contributed by atoms with Gasteiger partial charge in [-0.1, -0.05) is 23.5 Å². The van der Waals surface area contributed by atoms with E-state index in [1.165, 1.54) is 15.8 Å². The molecule has 2 fully saturated rings. The van der Waals surface area contributed by atoms with Crippen molar-refractivity contribution in [3.05, 3.63) is 23.3 Å². The van der Waals surface area contributed by atoms with Crippen LogP contribution in [0.25, 0.3) is 10.2 Å². The SMILES string of the molecule is Cc1ccc(C)c2sc(N3CC(OC(=O)C4CC4)C3)nc12. The highest BCUT2D eigenvalue weighted by Crippen LogP contribution is 2.36. The standard InChI is InChI=1S/C16H18N2O2S/c1-9-3-4-10(2)14-13(9)17-16(21-14)18-7-12(8-18)20-15(19)11-5-6-11/h3-4,11-12H,5-8H2,1-2H3. The van der Waals surface area contributed by atoms with Crippen LogP contribution in [0.5, 0.6) is 0 Å². The molecular formula is C16H18N2O2S. The summed E-state index contributed by atoms with van der Waals surface area (Å²) in [5, 5.41) is 1.04. The number of carbonyl (C=O) groups is 1. The van der Waals surface area contributed by atoms with Gasteiger partial charge in [-0.2, -0.15) is 0 Å². The van der Waals surface area contributed by atoms with Crippen LogP contribution < -0.4 is 4.90 Å². The predicted molar refractivity (Wildman–Crippen MR) is 83.9 cm³/mol. The van der Waals surface area contributed by atoms with Crippen LogP contribution in [0, 0.1) is 19.8 Å². The van der Waals surface area contributed by atoms with E-state index < -0.39 is 0 Å². The number of esters is 1. The Hall–Kier alpha value is -1.62. The number of ether oxygens (including phenoxy) is 1. The van der Waals surface area contributed by atoms with Crippen LogP contribution in [0.2, 0.25) is 0 Å². The van der Waals surface area contributed by atoms with Crippen molar-refractivity contribution < 1.29 is 9.53 Å². The maximum absolute atomic E-state index is 11.6. The maximum atomic E-state index is 11.6. The summed E-state index contributed by atoms with van der Waals surface area (Å²) < 4.78 is 6.75. The Morgan fingerprint density at radius 1 is 1.29 bits per heavy atom. The van der Waals surface area contributed by atoms with Crippen LogP contribution in [0.4, 0.5) is 5.13 Å². The van der Waals surface area contributed by atoms with Crippen LogP contribution in [-0.4, -0.2) is 30.1 Å². The molecule has 5 heteroatoms. The minimum Gasteiger partial charge on any atom is -0.458 e. The first kappa shape index (κ1) is 13.1. The minimum atomic E-state index is -0.00404. The summed E-state index contributed by atoms with van der Waals surface area (Å²) in [4.78, 5) is 18.6. The molecule has 21 heavy (non-hydrogen) atoms. The zero-order valence-electron chi connectivity index (χ0n) is 12.3. The van der Waals surface area contributed by atoms with E-state index in [4.69, 9.17) is 9.72 Å². The van der Waals surface area contributed by atoms with Crippen molar-refractivity contribution in [1.29, 1.82) is 0 Å².